The number of amides is 1. The molecule has 0 aromatic heterocycles. The summed E-state index contributed by atoms with van der Waals surface area (Å²) in [6, 6.07) is 0.233. The maximum Gasteiger partial charge on any atom is 0.306 e. The molecule has 1 heterocycles. The van der Waals surface area contributed by atoms with Gasteiger partial charge in [0, 0.05) is 25.0 Å². The number of morpholine rings is 1. The molecule has 2 aliphatic rings. The Hall–Kier alpha value is -1.14. The second-order valence-electron chi connectivity index (χ2n) is 5.38. The van der Waals surface area contributed by atoms with Crippen LogP contribution in [0.3, 0.4) is 0 Å². The number of carboxylic acid groups (broad SMARTS) is 1. The third-order valence-electron chi connectivity index (χ3n) is 3.87. The van der Waals surface area contributed by atoms with Crippen LogP contribution in [0.2, 0.25) is 0 Å². The van der Waals surface area contributed by atoms with E-state index in [0.29, 0.717) is 32.5 Å². The van der Waals surface area contributed by atoms with Gasteiger partial charge in [-0.05, 0) is 25.7 Å². The van der Waals surface area contributed by atoms with Gasteiger partial charge in [0.05, 0.1) is 19.1 Å². The fourth-order valence-electron chi connectivity index (χ4n) is 2.75. The summed E-state index contributed by atoms with van der Waals surface area (Å²) in [6.07, 6.45) is 3.27. The number of aliphatic carboxylic acids is 1. The van der Waals surface area contributed by atoms with E-state index in [2.05, 4.69) is 10.6 Å². The first-order valence-corrected chi connectivity index (χ1v) is 6.98. The van der Waals surface area contributed by atoms with Gasteiger partial charge in [0.2, 0.25) is 5.91 Å². The topological polar surface area (TPSA) is 87.7 Å². The van der Waals surface area contributed by atoms with Crippen LogP contribution >= 0.6 is 0 Å². The molecule has 0 aromatic rings. The second kappa shape index (κ2) is 6.86. The van der Waals surface area contributed by atoms with Crippen molar-refractivity contribution in [1.29, 1.82) is 0 Å². The normalized spacial score (nSPS) is 31.7. The molecule has 108 valence electrons. The average Bonchev–Trinajstić information content (AvgIpc) is 2.40. The highest BCUT2D eigenvalue weighted by atomic mass is 16.5. The summed E-state index contributed by atoms with van der Waals surface area (Å²) in [7, 11) is 0. The van der Waals surface area contributed by atoms with E-state index in [0.717, 1.165) is 19.4 Å². The van der Waals surface area contributed by atoms with Crippen LogP contribution in [0.25, 0.3) is 0 Å². The summed E-state index contributed by atoms with van der Waals surface area (Å²) in [5, 5.41) is 15.2. The molecule has 1 atom stereocenters. The van der Waals surface area contributed by atoms with Gasteiger partial charge in [-0.1, -0.05) is 0 Å². The van der Waals surface area contributed by atoms with Crippen LogP contribution in [0.15, 0.2) is 0 Å². The number of carbonyl (C=O) groups excluding carboxylic acids is 1. The fraction of sp³-hybridized carbons (Fsp3) is 0.846. The standard InChI is InChI=1S/C13H22N2O4/c16-12(7-11-8-19-6-5-14-11)15-10-3-1-9(2-4-10)13(17)18/h9-11,14H,1-8H2,(H,15,16)(H,17,18). The maximum atomic E-state index is 11.9. The van der Waals surface area contributed by atoms with Crippen molar-refractivity contribution in [2.75, 3.05) is 19.8 Å². The van der Waals surface area contributed by atoms with Crippen LogP contribution in [0.5, 0.6) is 0 Å². The predicted octanol–water partition coefficient (Wildman–Crippen LogP) is 0.125. The lowest BCUT2D eigenvalue weighted by Crippen LogP contribution is -2.46. The van der Waals surface area contributed by atoms with E-state index >= 15 is 0 Å². The summed E-state index contributed by atoms with van der Waals surface area (Å²) in [5.74, 6) is -0.920. The first kappa shape index (κ1) is 14.3. The van der Waals surface area contributed by atoms with Crippen LogP contribution in [0, 0.1) is 5.92 Å². The molecule has 1 aliphatic carbocycles. The zero-order valence-corrected chi connectivity index (χ0v) is 11.1. The first-order chi connectivity index (χ1) is 9.15. The molecule has 6 nitrogen and oxygen atoms in total. The second-order valence-corrected chi connectivity index (χ2v) is 5.38. The van der Waals surface area contributed by atoms with Crippen molar-refractivity contribution < 1.29 is 19.4 Å². The van der Waals surface area contributed by atoms with Crippen molar-refractivity contribution >= 4 is 11.9 Å². The Bertz CT molecular complexity index is 321. The van der Waals surface area contributed by atoms with Crippen LogP contribution in [-0.2, 0) is 14.3 Å². The van der Waals surface area contributed by atoms with Crippen molar-refractivity contribution in [3.63, 3.8) is 0 Å². The van der Waals surface area contributed by atoms with E-state index < -0.39 is 5.97 Å². The van der Waals surface area contributed by atoms with Crippen LogP contribution in [0.1, 0.15) is 32.1 Å². The number of carbonyl (C=O) groups is 2. The molecule has 0 spiro atoms. The number of rotatable bonds is 4. The van der Waals surface area contributed by atoms with E-state index in [1.54, 1.807) is 0 Å². The molecule has 2 fully saturated rings. The third-order valence-corrected chi connectivity index (χ3v) is 3.87. The Balaban J connectivity index is 1.67. The van der Waals surface area contributed by atoms with E-state index in [1.165, 1.54) is 0 Å². The van der Waals surface area contributed by atoms with Gasteiger partial charge in [0.15, 0.2) is 0 Å². The van der Waals surface area contributed by atoms with E-state index in [1.807, 2.05) is 0 Å². The predicted molar refractivity (Wildman–Crippen MR) is 68.8 cm³/mol. The summed E-state index contributed by atoms with van der Waals surface area (Å²) in [6.45, 7) is 2.08. The Kier molecular flexibility index (Phi) is 5.15. The summed E-state index contributed by atoms with van der Waals surface area (Å²) >= 11 is 0. The number of hydrogen-bond acceptors (Lipinski definition) is 4. The molecule has 2 rings (SSSR count). The number of ether oxygens (including phenoxy) is 1. The fourth-order valence-corrected chi connectivity index (χ4v) is 2.75. The van der Waals surface area contributed by atoms with Crippen molar-refractivity contribution in [2.45, 2.75) is 44.2 Å². The molecule has 0 radical (unpaired) electrons. The van der Waals surface area contributed by atoms with Crippen molar-refractivity contribution in [3.05, 3.63) is 0 Å². The molecule has 1 unspecified atom stereocenters. The van der Waals surface area contributed by atoms with Crippen molar-refractivity contribution in [3.8, 4) is 0 Å². The molecule has 3 N–H and O–H groups in total. The molecule has 0 aromatic carbocycles. The summed E-state index contributed by atoms with van der Waals surface area (Å²) in [5.41, 5.74) is 0. The van der Waals surface area contributed by atoms with Gasteiger partial charge in [0.25, 0.3) is 0 Å². The lowest BCUT2D eigenvalue weighted by molar-refractivity contribution is -0.142. The molecule has 0 bridgehead atoms. The van der Waals surface area contributed by atoms with Gasteiger partial charge < -0.3 is 20.5 Å². The molecular formula is C13H22N2O4. The molecule has 19 heavy (non-hydrogen) atoms. The number of carboxylic acids is 1. The van der Waals surface area contributed by atoms with Crippen LogP contribution in [0.4, 0.5) is 0 Å². The SMILES string of the molecule is O=C(CC1COCCN1)NC1CCC(C(=O)O)CC1. The molecule has 1 aliphatic heterocycles. The maximum absolute atomic E-state index is 11.9. The van der Waals surface area contributed by atoms with Gasteiger partial charge in [-0.25, -0.2) is 0 Å². The molecular weight excluding hydrogens is 248 g/mol. The van der Waals surface area contributed by atoms with Crippen LogP contribution < -0.4 is 10.6 Å². The average molecular weight is 270 g/mol. The monoisotopic (exact) mass is 270 g/mol. The zero-order valence-electron chi connectivity index (χ0n) is 11.1. The van der Waals surface area contributed by atoms with Gasteiger partial charge in [-0.3, -0.25) is 9.59 Å². The van der Waals surface area contributed by atoms with E-state index in [-0.39, 0.29) is 23.9 Å². The Morgan fingerprint density at radius 1 is 1.26 bits per heavy atom. The van der Waals surface area contributed by atoms with Crippen molar-refractivity contribution in [2.24, 2.45) is 5.92 Å². The largest absolute Gasteiger partial charge is 0.481 e. The zero-order chi connectivity index (χ0) is 13.7. The number of nitrogens with one attached hydrogen (secondary N) is 2. The highest BCUT2D eigenvalue weighted by Gasteiger charge is 2.27. The van der Waals surface area contributed by atoms with Crippen LogP contribution in [-0.4, -0.2) is 48.8 Å². The Labute approximate surface area is 112 Å². The van der Waals surface area contributed by atoms with E-state index in [9.17, 15) is 9.59 Å². The first-order valence-electron chi connectivity index (χ1n) is 6.98. The molecule has 6 heteroatoms. The Morgan fingerprint density at radius 2 is 2.00 bits per heavy atom. The number of hydrogen-bond donors (Lipinski definition) is 3. The highest BCUT2D eigenvalue weighted by molar-refractivity contribution is 5.77. The van der Waals surface area contributed by atoms with Gasteiger partial charge in [-0.2, -0.15) is 0 Å². The minimum atomic E-state index is -0.715. The van der Waals surface area contributed by atoms with Gasteiger partial charge >= 0.3 is 5.97 Å². The minimum absolute atomic E-state index is 0.0294. The molecule has 1 saturated carbocycles. The quantitative estimate of drug-likeness (QED) is 0.675. The van der Waals surface area contributed by atoms with Gasteiger partial charge in [-0.15, -0.1) is 0 Å². The minimum Gasteiger partial charge on any atom is -0.481 e. The third kappa shape index (κ3) is 4.47. The highest BCUT2D eigenvalue weighted by Crippen LogP contribution is 2.24. The van der Waals surface area contributed by atoms with Gasteiger partial charge in [0.1, 0.15) is 0 Å². The summed E-state index contributed by atoms with van der Waals surface area (Å²) < 4.78 is 5.31. The smallest absolute Gasteiger partial charge is 0.306 e. The van der Waals surface area contributed by atoms with E-state index in [4.69, 9.17) is 9.84 Å². The molecule has 1 amide bonds. The Morgan fingerprint density at radius 3 is 2.58 bits per heavy atom. The lowest BCUT2D eigenvalue weighted by Gasteiger charge is -2.28. The molecule has 1 saturated heterocycles. The summed E-state index contributed by atoms with van der Waals surface area (Å²) in [4.78, 5) is 22.7. The lowest BCUT2D eigenvalue weighted by atomic mass is 9.86. The van der Waals surface area contributed by atoms with Crippen molar-refractivity contribution in [1.82, 2.24) is 10.6 Å².